The van der Waals surface area contributed by atoms with Crippen molar-refractivity contribution in [2.45, 2.75) is 39.0 Å². The number of rotatable bonds is 15. The SMILES string of the molecule is C=C(C(=O)OCC)c1ccc(OCCCCCCCOc2ccc(-c3cc(=S)ss3)cc2)c(OC)c1. The molecule has 1 aromatic heterocycles. The molecule has 0 atom stereocenters. The van der Waals surface area contributed by atoms with Gasteiger partial charge < -0.3 is 18.9 Å². The zero-order valence-corrected chi connectivity index (χ0v) is 23.2. The first kappa shape index (κ1) is 27.9. The van der Waals surface area contributed by atoms with Crippen molar-refractivity contribution < 1.29 is 23.7 Å². The van der Waals surface area contributed by atoms with Gasteiger partial charge in [0.2, 0.25) is 0 Å². The van der Waals surface area contributed by atoms with Crippen LogP contribution in [0.5, 0.6) is 17.2 Å². The normalized spacial score (nSPS) is 10.6. The molecule has 192 valence electrons. The summed E-state index contributed by atoms with van der Waals surface area (Å²) in [6, 6.07) is 15.6. The van der Waals surface area contributed by atoms with Crippen molar-refractivity contribution in [3.05, 3.63) is 64.5 Å². The molecule has 3 aromatic rings. The van der Waals surface area contributed by atoms with Gasteiger partial charge in [-0.2, -0.15) is 0 Å². The number of carbonyl (C=O) groups is 1. The number of ether oxygens (including phenoxy) is 4. The highest BCUT2D eigenvalue weighted by Gasteiger charge is 2.14. The molecular formula is C28H32O5S3. The third kappa shape index (κ3) is 8.47. The number of methoxy groups -OCH3 is 1. The maximum absolute atomic E-state index is 11.9. The highest BCUT2D eigenvalue weighted by Crippen LogP contribution is 2.32. The minimum atomic E-state index is -0.433. The van der Waals surface area contributed by atoms with Crippen LogP contribution in [0.4, 0.5) is 0 Å². The largest absolute Gasteiger partial charge is 0.494 e. The van der Waals surface area contributed by atoms with E-state index in [2.05, 4.69) is 18.7 Å². The molecule has 0 fully saturated rings. The van der Waals surface area contributed by atoms with E-state index >= 15 is 0 Å². The van der Waals surface area contributed by atoms with Crippen molar-refractivity contribution >= 4 is 44.4 Å². The maximum Gasteiger partial charge on any atom is 0.338 e. The predicted molar refractivity (Wildman–Crippen MR) is 151 cm³/mol. The van der Waals surface area contributed by atoms with Crippen LogP contribution in [-0.4, -0.2) is 32.9 Å². The van der Waals surface area contributed by atoms with Gasteiger partial charge in [0.05, 0.1) is 32.5 Å². The second kappa shape index (κ2) is 14.8. The van der Waals surface area contributed by atoms with Crippen molar-refractivity contribution in [1.82, 2.24) is 0 Å². The Hall–Kier alpha value is -2.68. The first-order valence-corrected chi connectivity index (χ1v) is 14.6. The molecule has 0 aliphatic heterocycles. The summed E-state index contributed by atoms with van der Waals surface area (Å²) in [4.78, 5) is 13.1. The fraction of sp³-hybridized carbons (Fsp3) is 0.357. The molecule has 0 saturated carbocycles. The quantitative estimate of drug-likeness (QED) is 0.0632. The second-order valence-corrected chi connectivity index (χ2v) is 11.0. The van der Waals surface area contributed by atoms with Crippen LogP contribution in [0.25, 0.3) is 16.0 Å². The monoisotopic (exact) mass is 544 g/mol. The van der Waals surface area contributed by atoms with Gasteiger partial charge in [-0.15, -0.1) is 0 Å². The van der Waals surface area contributed by atoms with Gasteiger partial charge in [-0.25, -0.2) is 4.79 Å². The van der Waals surface area contributed by atoms with E-state index in [-0.39, 0.29) is 0 Å². The van der Waals surface area contributed by atoms with Gasteiger partial charge >= 0.3 is 5.97 Å². The highest BCUT2D eigenvalue weighted by molar-refractivity contribution is 7.80. The number of carbonyl (C=O) groups excluding carboxylic acids is 1. The van der Waals surface area contributed by atoms with Crippen molar-refractivity contribution in [2.75, 3.05) is 26.9 Å². The van der Waals surface area contributed by atoms with Crippen LogP contribution in [0.3, 0.4) is 0 Å². The zero-order chi connectivity index (χ0) is 25.8. The standard InChI is InChI=1S/C28H32O5S3/c1-4-31-28(29)20(2)22-12-15-24(25(18-22)30-3)33-17-9-7-5-6-8-16-32-23-13-10-21(11-14-23)26-19-27(34)36-35-26/h10-15,18-19H,2,4-9,16-17H2,1,3H3. The predicted octanol–water partition coefficient (Wildman–Crippen LogP) is 8.20. The van der Waals surface area contributed by atoms with Crippen LogP contribution in [0.1, 0.15) is 44.6 Å². The molecule has 0 saturated heterocycles. The minimum absolute atomic E-state index is 0.299. The maximum atomic E-state index is 11.9. The molecule has 36 heavy (non-hydrogen) atoms. The Balaban J connectivity index is 1.29. The fourth-order valence-corrected chi connectivity index (χ4v) is 5.91. The zero-order valence-electron chi connectivity index (χ0n) is 20.7. The topological polar surface area (TPSA) is 54.0 Å². The van der Waals surface area contributed by atoms with Crippen LogP contribution in [-0.2, 0) is 9.53 Å². The highest BCUT2D eigenvalue weighted by atomic mass is 32.9. The van der Waals surface area contributed by atoms with Crippen LogP contribution >= 0.6 is 32.9 Å². The average molecular weight is 545 g/mol. The van der Waals surface area contributed by atoms with Crippen LogP contribution in [0.15, 0.2) is 55.1 Å². The average Bonchev–Trinajstić information content (AvgIpc) is 3.34. The summed E-state index contributed by atoms with van der Waals surface area (Å²) in [6.45, 7) is 7.21. The lowest BCUT2D eigenvalue weighted by Gasteiger charge is -2.13. The van der Waals surface area contributed by atoms with Gasteiger partial charge in [-0.05, 0) is 73.4 Å². The van der Waals surface area contributed by atoms with Gasteiger partial charge in [-0.3, -0.25) is 0 Å². The molecule has 0 unspecified atom stereocenters. The number of hydrogen-bond donors (Lipinski definition) is 0. The van der Waals surface area contributed by atoms with E-state index in [1.54, 1.807) is 52.9 Å². The lowest BCUT2D eigenvalue weighted by Crippen LogP contribution is -2.06. The summed E-state index contributed by atoms with van der Waals surface area (Å²) >= 11 is 5.21. The van der Waals surface area contributed by atoms with Crippen LogP contribution in [0.2, 0.25) is 0 Å². The summed E-state index contributed by atoms with van der Waals surface area (Å²) in [5.41, 5.74) is 2.13. The van der Waals surface area contributed by atoms with E-state index in [0.29, 0.717) is 42.5 Å². The molecule has 0 aliphatic carbocycles. The third-order valence-electron chi connectivity index (χ3n) is 5.45. The van der Waals surface area contributed by atoms with E-state index in [1.807, 2.05) is 18.2 Å². The molecule has 0 N–H and O–H groups in total. The van der Waals surface area contributed by atoms with Crippen molar-refractivity contribution in [1.29, 1.82) is 0 Å². The van der Waals surface area contributed by atoms with Crippen LogP contribution < -0.4 is 14.2 Å². The van der Waals surface area contributed by atoms with Gasteiger partial charge in [0, 0.05) is 4.88 Å². The Labute approximate surface area is 225 Å². The fourth-order valence-electron chi connectivity index (χ4n) is 3.51. The molecule has 1 heterocycles. The number of unbranched alkanes of at least 4 members (excludes halogenated alkanes) is 4. The molecule has 0 spiro atoms. The summed E-state index contributed by atoms with van der Waals surface area (Å²) < 4.78 is 23.1. The first-order chi connectivity index (χ1) is 17.5. The first-order valence-electron chi connectivity index (χ1n) is 12.0. The lowest BCUT2D eigenvalue weighted by atomic mass is 10.1. The molecular weight excluding hydrogens is 513 g/mol. The molecule has 0 bridgehead atoms. The molecule has 5 nitrogen and oxygen atoms in total. The molecule has 8 heteroatoms. The number of hydrogen-bond acceptors (Lipinski definition) is 8. The Kier molecular flexibility index (Phi) is 11.5. The summed E-state index contributed by atoms with van der Waals surface area (Å²) in [5, 5.41) is 0. The van der Waals surface area contributed by atoms with Gasteiger partial charge in [0.1, 0.15) is 9.57 Å². The minimum Gasteiger partial charge on any atom is -0.494 e. The molecule has 0 radical (unpaired) electrons. The van der Waals surface area contributed by atoms with Crippen LogP contribution in [0, 0.1) is 3.82 Å². The lowest BCUT2D eigenvalue weighted by molar-refractivity contribution is -0.136. The van der Waals surface area contributed by atoms with Gasteiger partial charge in [0.25, 0.3) is 0 Å². The van der Waals surface area contributed by atoms with Gasteiger partial charge in [-0.1, -0.05) is 64.8 Å². The molecule has 2 aromatic carbocycles. The summed E-state index contributed by atoms with van der Waals surface area (Å²) in [5.74, 6) is 1.69. The summed E-state index contributed by atoms with van der Waals surface area (Å²) in [6.07, 6.45) is 5.31. The van der Waals surface area contributed by atoms with E-state index < -0.39 is 5.97 Å². The Morgan fingerprint density at radius 3 is 2.22 bits per heavy atom. The van der Waals surface area contributed by atoms with E-state index in [4.69, 9.17) is 31.2 Å². The molecule has 0 aliphatic rings. The van der Waals surface area contributed by atoms with Crippen molar-refractivity contribution in [3.8, 4) is 27.7 Å². The van der Waals surface area contributed by atoms with Crippen molar-refractivity contribution in [2.24, 2.45) is 0 Å². The summed E-state index contributed by atoms with van der Waals surface area (Å²) in [7, 11) is 4.92. The smallest absolute Gasteiger partial charge is 0.338 e. The van der Waals surface area contributed by atoms with Gasteiger partial charge in [0.15, 0.2) is 11.5 Å². The second-order valence-electron chi connectivity index (χ2n) is 8.05. The molecule has 0 amide bonds. The van der Waals surface area contributed by atoms with Crippen molar-refractivity contribution in [3.63, 3.8) is 0 Å². The number of esters is 1. The third-order valence-corrected chi connectivity index (χ3v) is 8.36. The van der Waals surface area contributed by atoms with E-state index in [0.717, 1.165) is 41.7 Å². The Morgan fingerprint density at radius 1 is 0.889 bits per heavy atom. The van der Waals surface area contributed by atoms with E-state index in [1.165, 1.54) is 10.4 Å². The molecule has 3 rings (SSSR count). The Morgan fingerprint density at radius 2 is 1.58 bits per heavy atom. The Bertz CT molecular complexity index is 1180. The number of benzene rings is 2. The van der Waals surface area contributed by atoms with E-state index in [9.17, 15) is 4.79 Å².